The van der Waals surface area contributed by atoms with Crippen LogP contribution in [0.2, 0.25) is 0 Å². The summed E-state index contributed by atoms with van der Waals surface area (Å²) in [6.45, 7) is 4.23. The van der Waals surface area contributed by atoms with Crippen LogP contribution in [0.3, 0.4) is 0 Å². The van der Waals surface area contributed by atoms with Crippen LogP contribution < -0.4 is 5.32 Å². The zero-order valence-electron chi connectivity index (χ0n) is 11.6. The molecule has 0 saturated carbocycles. The first-order valence-electron chi connectivity index (χ1n) is 7.08. The highest BCUT2D eigenvalue weighted by molar-refractivity contribution is 5.76. The Hall–Kier alpha value is -1.31. The fourth-order valence-electron chi connectivity index (χ4n) is 2.03. The molecule has 1 amide bonds. The molecule has 2 heteroatoms. The second kappa shape index (κ2) is 8.73. The maximum atomic E-state index is 11.7. The molecule has 0 heterocycles. The summed E-state index contributed by atoms with van der Waals surface area (Å²) < 4.78 is 0. The van der Waals surface area contributed by atoms with Crippen LogP contribution in [-0.2, 0) is 4.79 Å². The molecule has 0 unspecified atom stereocenters. The zero-order valence-corrected chi connectivity index (χ0v) is 11.6. The topological polar surface area (TPSA) is 29.1 Å². The van der Waals surface area contributed by atoms with Gasteiger partial charge in [0.15, 0.2) is 0 Å². The summed E-state index contributed by atoms with van der Waals surface area (Å²) in [6, 6.07) is 10.2. The van der Waals surface area contributed by atoms with Gasteiger partial charge >= 0.3 is 0 Å². The molecule has 0 bridgehead atoms. The van der Waals surface area contributed by atoms with E-state index in [1.165, 1.54) is 25.7 Å². The lowest BCUT2D eigenvalue weighted by Gasteiger charge is -2.14. The fourth-order valence-corrected chi connectivity index (χ4v) is 2.03. The Morgan fingerprint density at radius 3 is 2.44 bits per heavy atom. The molecule has 1 N–H and O–H groups in total. The van der Waals surface area contributed by atoms with Crippen LogP contribution >= 0.6 is 0 Å². The van der Waals surface area contributed by atoms with Gasteiger partial charge in [-0.2, -0.15) is 0 Å². The predicted octanol–water partition coefficient (Wildman–Crippen LogP) is 4.22. The molecular formula is C16H25NO. The summed E-state index contributed by atoms with van der Waals surface area (Å²) in [6.07, 6.45) is 6.60. The smallest absolute Gasteiger partial charge is 0.220 e. The highest BCUT2D eigenvalue weighted by atomic mass is 16.1. The number of hydrogen-bond acceptors (Lipinski definition) is 1. The highest BCUT2D eigenvalue weighted by Crippen LogP contribution is 2.12. The first-order chi connectivity index (χ1) is 8.74. The molecule has 0 aliphatic heterocycles. The molecule has 0 radical (unpaired) electrons. The summed E-state index contributed by atoms with van der Waals surface area (Å²) in [7, 11) is 0. The van der Waals surface area contributed by atoms with Gasteiger partial charge in [0, 0.05) is 6.42 Å². The maximum Gasteiger partial charge on any atom is 0.220 e. The minimum absolute atomic E-state index is 0.106. The number of hydrogen-bond donors (Lipinski definition) is 1. The lowest BCUT2D eigenvalue weighted by Crippen LogP contribution is -2.26. The molecule has 0 aliphatic carbocycles. The Labute approximate surface area is 111 Å². The van der Waals surface area contributed by atoms with Crippen molar-refractivity contribution in [1.29, 1.82) is 0 Å². The first kappa shape index (κ1) is 14.7. The maximum absolute atomic E-state index is 11.7. The SMILES string of the molecule is CCCCCCCC(=O)N[C@@H](C)c1ccccc1. The van der Waals surface area contributed by atoms with Gasteiger partial charge in [0.05, 0.1) is 6.04 Å². The molecule has 2 nitrogen and oxygen atoms in total. The minimum atomic E-state index is 0.106. The number of amides is 1. The van der Waals surface area contributed by atoms with Crippen molar-refractivity contribution in [2.45, 2.75) is 58.4 Å². The molecule has 1 rings (SSSR count). The average Bonchev–Trinajstić information content (AvgIpc) is 2.39. The van der Waals surface area contributed by atoms with E-state index in [0.29, 0.717) is 6.42 Å². The Morgan fingerprint density at radius 1 is 1.11 bits per heavy atom. The van der Waals surface area contributed by atoms with Crippen molar-refractivity contribution in [2.24, 2.45) is 0 Å². The summed E-state index contributed by atoms with van der Waals surface area (Å²) >= 11 is 0. The van der Waals surface area contributed by atoms with Crippen molar-refractivity contribution >= 4 is 5.91 Å². The molecule has 18 heavy (non-hydrogen) atoms. The fraction of sp³-hybridized carbons (Fsp3) is 0.562. The van der Waals surface area contributed by atoms with Gasteiger partial charge in [0.1, 0.15) is 0 Å². The third-order valence-electron chi connectivity index (χ3n) is 3.18. The van der Waals surface area contributed by atoms with E-state index in [4.69, 9.17) is 0 Å². The van der Waals surface area contributed by atoms with Gasteiger partial charge < -0.3 is 5.32 Å². The molecule has 0 aliphatic rings. The predicted molar refractivity (Wildman–Crippen MR) is 76.4 cm³/mol. The monoisotopic (exact) mass is 247 g/mol. The Kier molecular flexibility index (Phi) is 7.16. The van der Waals surface area contributed by atoms with Gasteiger partial charge in [-0.15, -0.1) is 0 Å². The van der Waals surface area contributed by atoms with Crippen molar-refractivity contribution in [2.75, 3.05) is 0 Å². The average molecular weight is 247 g/mol. The number of nitrogens with one attached hydrogen (secondary N) is 1. The number of unbranched alkanes of at least 4 members (excludes halogenated alkanes) is 4. The van der Waals surface area contributed by atoms with Gasteiger partial charge in [0.25, 0.3) is 0 Å². The van der Waals surface area contributed by atoms with E-state index in [1.54, 1.807) is 0 Å². The van der Waals surface area contributed by atoms with Crippen LogP contribution in [0.4, 0.5) is 0 Å². The normalized spacial score (nSPS) is 12.1. The largest absolute Gasteiger partial charge is 0.350 e. The highest BCUT2D eigenvalue weighted by Gasteiger charge is 2.08. The number of carbonyl (C=O) groups excluding carboxylic acids is 1. The molecule has 0 aromatic heterocycles. The zero-order chi connectivity index (χ0) is 13.2. The van der Waals surface area contributed by atoms with Gasteiger partial charge in [-0.3, -0.25) is 4.79 Å². The van der Waals surface area contributed by atoms with Crippen molar-refractivity contribution in [3.63, 3.8) is 0 Å². The second-order valence-corrected chi connectivity index (χ2v) is 4.86. The second-order valence-electron chi connectivity index (χ2n) is 4.86. The quantitative estimate of drug-likeness (QED) is 0.684. The van der Waals surface area contributed by atoms with E-state index in [0.717, 1.165) is 12.0 Å². The number of carbonyl (C=O) groups is 1. The van der Waals surface area contributed by atoms with E-state index >= 15 is 0 Å². The van der Waals surface area contributed by atoms with E-state index in [1.807, 2.05) is 37.3 Å². The van der Waals surface area contributed by atoms with E-state index < -0.39 is 0 Å². The van der Waals surface area contributed by atoms with E-state index in [-0.39, 0.29) is 11.9 Å². The molecule has 0 fully saturated rings. The Balaban J connectivity index is 2.20. The summed E-state index contributed by atoms with van der Waals surface area (Å²) in [5, 5.41) is 3.05. The van der Waals surface area contributed by atoms with Gasteiger partial charge in [0.2, 0.25) is 5.91 Å². The van der Waals surface area contributed by atoms with Crippen LogP contribution in [0.5, 0.6) is 0 Å². The Bertz CT molecular complexity index is 334. The van der Waals surface area contributed by atoms with Crippen molar-refractivity contribution in [3.05, 3.63) is 35.9 Å². The molecule has 0 spiro atoms. The van der Waals surface area contributed by atoms with Crippen molar-refractivity contribution < 1.29 is 4.79 Å². The van der Waals surface area contributed by atoms with Crippen LogP contribution in [0.15, 0.2) is 30.3 Å². The van der Waals surface area contributed by atoms with Crippen LogP contribution in [-0.4, -0.2) is 5.91 Å². The van der Waals surface area contributed by atoms with Gasteiger partial charge in [-0.05, 0) is 18.9 Å². The standard InChI is InChI=1S/C16H25NO/c1-3-4-5-6-10-13-16(18)17-14(2)15-11-8-7-9-12-15/h7-9,11-12,14H,3-6,10,13H2,1-2H3,(H,17,18)/t14-/m0/s1. The minimum Gasteiger partial charge on any atom is -0.350 e. The lowest BCUT2D eigenvalue weighted by molar-refractivity contribution is -0.121. The molecule has 0 saturated heterocycles. The van der Waals surface area contributed by atoms with E-state index in [9.17, 15) is 4.79 Å². The van der Waals surface area contributed by atoms with Gasteiger partial charge in [-0.1, -0.05) is 62.9 Å². The lowest BCUT2D eigenvalue weighted by atomic mass is 10.1. The third-order valence-corrected chi connectivity index (χ3v) is 3.18. The van der Waals surface area contributed by atoms with Crippen molar-refractivity contribution in [1.82, 2.24) is 5.32 Å². The van der Waals surface area contributed by atoms with Crippen LogP contribution in [0, 0.1) is 0 Å². The molecular weight excluding hydrogens is 222 g/mol. The van der Waals surface area contributed by atoms with Crippen LogP contribution in [0.1, 0.15) is 64.0 Å². The molecule has 100 valence electrons. The summed E-state index contributed by atoms with van der Waals surface area (Å²) in [5.41, 5.74) is 1.16. The number of rotatable bonds is 8. The third kappa shape index (κ3) is 5.85. The summed E-state index contributed by atoms with van der Waals surface area (Å²) in [5.74, 6) is 0.169. The summed E-state index contributed by atoms with van der Waals surface area (Å²) in [4.78, 5) is 11.7. The first-order valence-corrected chi connectivity index (χ1v) is 7.08. The van der Waals surface area contributed by atoms with Crippen LogP contribution in [0.25, 0.3) is 0 Å². The van der Waals surface area contributed by atoms with Crippen molar-refractivity contribution in [3.8, 4) is 0 Å². The Morgan fingerprint density at radius 2 is 1.78 bits per heavy atom. The number of benzene rings is 1. The van der Waals surface area contributed by atoms with E-state index in [2.05, 4.69) is 12.2 Å². The molecule has 1 aromatic rings. The molecule has 1 aromatic carbocycles. The van der Waals surface area contributed by atoms with Gasteiger partial charge in [-0.25, -0.2) is 0 Å². The molecule has 1 atom stereocenters.